The summed E-state index contributed by atoms with van der Waals surface area (Å²) in [5.74, 6) is -0.185. The highest BCUT2D eigenvalue weighted by molar-refractivity contribution is 6.35. The van der Waals surface area contributed by atoms with Crippen LogP contribution in [0.25, 0.3) is 11.3 Å². The molecule has 3 aromatic rings. The summed E-state index contributed by atoms with van der Waals surface area (Å²) >= 11 is 12.4. The van der Waals surface area contributed by atoms with E-state index >= 15 is 0 Å². The van der Waals surface area contributed by atoms with E-state index in [1.165, 1.54) is 0 Å². The van der Waals surface area contributed by atoms with E-state index in [0.29, 0.717) is 21.3 Å². The number of rotatable bonds is 3. The van der Waals surface area contributed by atoms with Gasteiger partial charge in [-0.1, -0.05) is 41.4 Å². The summed E-state index contributed by atoms with van der Waals surface area (Å²) in [6, 6.07) is 18.0. The third kappa shape index (κ3) is 3.28. The number of benzene rings is 2. The van der Waals surface area contributed by atoms with Crippen molar-refractivity contribution in [1.29, 1.82) is 0 Å². The third-order valence-electron chi connectivity index (χ3n) is 3.69. The second kappa shape index (κ2) is 7.04. The molecule has 0 aliphatic rings. The maximum absolute atomic E-state index is 12.7. The number of amides is 1. The number of carbonyl (C=O) groups excluding carboxylic acids is 1. The molecular formula is C19H14Cl2N2O. The van der Waals surface area contributed by atoms with Crippen LogP contribution >= 0.6 is 23.2 Å². The van der Waals surface area contributed by atoms with Gasteiger partial charge in [0.25, 0.3) is 5.91 Å². The maximum Gasteiger partial charge on any atom is 0.259 e. The normalized spacial score (nSPS) is 10.5. The van der Waals surface area contributed by atoms with Crippen LogP contribution in [-0.2, 0) is 0 Å². The molecule has 3 nitrogen and oxygen atoms in total. The number of halogens is 2. The van der Waals surface area contributed by atoms with Crippen molar-refractivity contribution in [3.63, 3.8) is 0 Å². The monoisotopic (exact) mass is 356 g/mol. The van der Waals surface area contributed by atoms with Crippen molar-refractivity contribution in [2.75, 3.05) is 11.9 Å². The van der Waals surface area contributed by atoms with E-state index in [1.54, 1.807) is 54.5 Å². The zero-order chi connectivity index (χ0) is 17.1. The number of nitrogens with zero attached hydrogens (tertiary/aromatic N) is 2. The molecule has 0 saturated heterocycles. The highest BCUT2D eigenvalue weighted by Crippen LogP contribution is 2.31. The number of hydrogen-bond acceptors (Lipinski definition) is 2. The van der Waals surface area contributed by atoms with E-state index in [9.17, 15) is 4.79 Å². The quantitative estimate of drug-likeness (QED) is 0.635. The number of pyridine rings is 1. The Kier molecular flexibility index (Phi) is 4.84. The minimum Gasteiger partial charge on any atom is -0.311 e. The molecule has 0 aliphatic heterocycles. The fourth-order valence-electron chi connectivity index (χ4n) is 2.37. The maximum atomic E-state index is 12.7. The van der Waals surface area contributed by atoms with E-state index in [2.05, 4.69) is 4.98 Å². The first kappa shape index (κ1) is 16.5. The van der Waals surface area contributed by atoms with E-state index < -0.39 is 0 Å². The molecule has 0 spiro atoms. The van der Waals surface area contributed by atoms with Crippen LogP contribution in [0.4, 0.5) is 5.69 Å². The minimum atomic E-state index is -0.185. The smallest absolute Gasteiger partial charge is 0.259 e. The van der Waals surface area contributed by atoms with Gasteiger partial charge in [-0.2, -0.15) is 0 Å². The van der Waals surface area contributed by atoms with E-state index in [0.717, 1.165) is 11.3 Å². The molecule has 1 heterocycles. The molecular weight excluding hydrogens is 343 g/mol. The molecule has 0 unspecified atom stereocenters. The van der Waals surface area contributed by atoms with Gasteiger partial charge in [0.05, 0.1) is 21.3 Å². The molecule has 0 saturated carbocycles. The van der Waals surface area contributed by atoms with Crippen LogP contribution < -0.4 is 4.90 Å². The van der Waals surface area contributed by atoms with Crippen LogP contribution in [0.3, 0.4) is 0 Å². The summed E-state index contributed by atoms with van der Waals surface area (Å²) < 4.78 is 0. The van der Waals surface area contributed by atoms with Crippen LogP contribution in [-0.4, -0.2) is 17.9 Å². The van der Waals surface area contributed by atoms with Gasteiger partial charge in [0, 0.05) is 24.5 Å². The Morgan fingerprint density at radius 2 is 1.71 bits per heavy atom. The lowest BCUT2D eigenvalue weighted by Gasteiger charge is -2.19. The molecule has 0 aliphatic carbocycles. The first-order valence-electron chi connectivity index (χ1n) is 7.31. The average molecular weight is 357 g/mol. The number of carbonyl (C=O) groups is 1. The van der Waals surface area contributed by atoms with Crippen molar-refractivity contribution in [2.45, 2.75) is 0 Å². The minimum absolute atomic E-state index is 0.185. The molecule has 0 bridgehead atoms. The lowest BCUT2D eigenvalue weighted by atomic mass is 10.1. The number of hydrogen-bond donors (Lipinski definition) is 0. The van der Waals surface area contributed by atoms with Crippen molar-refractivity contribution >= 4 is 34.8 Å². The Bertz CT molecular complexity index is 882. The lowest BCUT2D eigenvalue weighted by Crippen LogP contribution is -2.26. The van der Waals surface area contributed by atoms with Gasteiger partial charge < -0.3 is 4.90 Å². The van der Waals surface area contributed by atoms with Crippen LogP contribution in [0.1, 0.15) is 10.4 Å². The molecule has 24 heavy (non-hydrogen) atoms. The highest BCUT2D eigenvalue weighted by Gasteiger charge is 2.17. The Hall–Kier alpha value is -2.36. The molecule has 3 rings (SSSR count). The summed E-state index contributed by atoms with van der Waals surface area (Å²) in [4.78, 5) is 18.6. The molecule has 2 aromatic carbocycles. The molecule has 0 atom stereocenters. The van der Waals surface area contributed by atoms with Gasteiger partial charge >= 0.3 is 0 Å². The van der Waals surface area contributed by atoms with Crippen LogP contribution in [0, 0.1) is 0 Å². The van der Waals surface area contributed by atoms with Gasteiger partial charge in [0.15, 0.2) is 0 Å². The van der Waals surface area contributed by atoms with Gasteiger partial charge in [-0.15, -0.1) is 0 Å². The van der Waals surface area contributed by atoms with Crippen molar-refractivity contribution in [2.24, 2.45) is 0 Å². The first-order chi connectivity index (χ1) is 11.6. The van der Waals surface area contributed by atoms with Crippen LogP contribution in [0.15, 0.2) is 66.9 Å². The predicted molar refractivity (Wildman–Crippen MR) is 98.9 cm³/mol. The van der Waals surface area contributed by atoms with Crippen molar-refractivity contribution in [1.82, 2.24) is 4.98 Å². The lowest BCUT2D eigenvalue weighted by molar-refractivity contribution is 0.0993. The molecule has 1 amide bonds. The van der Waals surface area contributed by atoms with Crippen LogP contribution in [0.5, 0.6) is 0 Å². The summed E-state index contributed by atoms with van der Waals surface area (Å²) in [5.41, 5.74) is 2.69. The summed E-state index contributed by atoms with van der Waals surface area (Å²) in [7, 11) is 1.71. The summed E-state index contributed by atoms with van der Waals surface area (Å²) in [6.45, 7) is 0. The Morgan fingerprint density at radius 3 is 2.42 bits per heavy atom. The fraction of sp³-hybridized carbons (Fsp3) is 0.0526. The van der Waals surface area contributed by atoms with Gasteiger partial charge in [-0.05, 0) is 42.5 Å². The Morgan fingerprint density at radius 1 is 0.958 bits per heavy atom. The molecule has 5 heteroatoms. The van der Waals surface area contributed by atoms with Crippen molar-refractivity contribution in [3.05, 3.63) is 82.5 Å². The second-order valence-electron chi connectivity index (χ2n) is 5.22. The summed E-state index contributed by atoms with van der Waals surface area (Å²) in [6.07, 6.45) is 1.71. The molecule has 0 radical (unpaired) electrons. The van der Waals surface area contributed by atoms with E-state index in [4.69, 9.17) is 23.2 Å². The molecule has 1 aromatic heterocycles. The second-order valence-corrected chi connectivity index (χ2v) is 6.04. The van der Waals surface area contributed by atoms with Gasteiger partial charge in [0.2, 0.25) is 0 Å². The van der Waals surface area contributed by atoms with Crippen molar-refractivity contribution in [3.8, 4) is 11.3 Å². The average Bonchev–Trinajstić information content (AvgIpc) is 2.62. The molecule has 0 fully saturated rings. The molecule has 120 valence electrons. The topological polar surface area (TPSA) is 33.2 Å². The highest BCUT2D eigenvalue weighted by atomic mass is 35.5. The van der Waals surface area contributed by atoms with Crippen molar-refractivity contribution < 1.29 is 4.79 Å². The zero-order valence-electron chi connectivity index (χ0n) is 12.9. The van der Waals surface area contributed by atoms with E-state index in [-0.39, 0.29) is 5.91 Å². The SMILES string of the molecule is CN(C(=O)c1ccccc1Cl)c1ccc(Cl)c(-c2ccccn2)c1. The summed E-state index contributed by atoms with van der Waals surface area (Å²) in [5, 5.41) is 1.00. The number of anilines is 1. The Balaban J connectivity index is 1.98. The van der Waals surface area contributed by atoms with Gasteiger partial charge in [-0.25, -0.2) is 0 Å². The first-order valence-corrected chi connectivity index (χ1v) is 8.07. The van der Waals surface area contributed by atoms with Gasteiger partial charge in [-0.3, -0.25) is 9.78 Å². The fourth-order valence-corrected chi connectivity index (χ4v) is 2.80. The third-order valence-corrected chi connectivity index (χ3v) is 4.35. The Labute approximate surface area is 150 Å². The predicted octanol–water partition coefficient (Wildman–Crippen LogP) is 5.33. The van der Waals surface area contributed by atoms with Crippen LogP contribution in [0.2, 0.25) is 10.0 Å². The number of aromatic nitrogens is 1. The van der Waals surface area contributed by atoms with Gasteiger partial charge in [0.1, 0.15) is 0 Å². The van der Waals surface area contributed by atoms with E-state index in [1.807, 2.05) is 24.3 Å². The molecule has 0 N–H and O–H groups in total. The largest absolute Gasteiger partial charge is 0.311 e. The zero-order valence-corrected chi connectivity index (χ0v) is 14.4. The standard InChI is InChI=1S/C19H14Cl2N2O/c1-23(19(24)14-6-2-3-7-16(14)20)13-9-10-17(21)15(12-13)18-8-4-5-11-22-18/h2-12H,1H3.